The SMILES string of the molecule is CCCN1C(=O)C(=O)/C(=C(/O)c2cc(C(C)C)c(OC)cc2C)C1c1ccc(OCC(C)C)cc1. The molecule has 1 unspecified atom stereocenters. The lowest BCUT2D eigenvalue weighted by Gasteiger charge is -2.25. The van der Waals surface area contributed by atoms with Crippen molar-refractivity contribution in [2.75, 3.05) is 20.3 Å². The van der Waals surface area contributed by atoms with Gasteiger partial charge in [0.15, 0.2) is 0 Å². The smallest absolute Gasteiger partial charge is 0.295 e. The fraction of sp³-hybridized carbons (Fsp3) is 0.448. The molecule has 3 rings (SSSR count). The number of ketones is 1. The molecule has 1 saturated heterocycles. The average molecular weight is 480 g/mol. The van der Waals surface area contributed by atoms with Gasteiger partial charge >= 0.3 is 0 Å². The highest BCUT2D eigenvalue weighted by Crippen LogP contribution is 2.41. The van der Waals surface area contributed by atoms with Crippen molar-refractivity contribution in [1.29, 1.82) is 0 Å². The van der Waals surface area contributed by atoms with Crippen LogP contribution in [0.4, 0.5) is 0 Å². The molecule has 188 valence electrons. The molecule has 0 saturated carbocycles. The number of rotatable bonds is 9. The standard InChI is InChI=1S/C29H37NO5/c1-8-13-30-26(20-9-11-21(12-10-20)35-16-17(2)3)25(28(32)29(30)33)27(31)23-15-22(18(4)5)24(34-7)14-19(23)6/h9-12,14-15,17-18,26,31H,8,13,16H2,1-7H3/b27-25+. The van der Waals surface area contributed by atoms with Gasteiger partial charge in [0.05, 0.1) is 25.3 Å². The van der Waals surface area contributed by atoms with E-state index in [4.69, 9.17) is 9.47 Å². The number of aliphatic hydroxyl groups is 1. The molecular weight excluding hydrogens is 442 g/mol. The fourth-order valence-electron chi connectivity index (χ4n) is 4.43. The zero-order valence-corrected chi connectivity index (χ0v) is 21.8. The van der Waals surface area contributed by atoms with Crippen LogP contribution in [-0.2, 0) is 9.59 Å². The summed E-state index contributed by atoms with van der Waals surface area (Å²) in [4.78, 5) is 27.8. The van der Waals surface area contributed by atoms with E-state index >= 15 is 0 Å². The van der Waals surface area contributed by atoms with E-state index in [0.717, 1.165) is 28.2 Å². The number of likely N-dealkylation sites (tertiary alicyclic amines) is 1. The Hall–Kier alpha value is -3.28. The quantitative estimate of drug-likeness (QED) is 0.271. The first-order chi connectivity index (χ1) is 16.6. The van der Waals surface area contributed by atoms with E-state index in [0.29, 0.717) is 31.1 Å². The van der Waals surface area contributed by atoms with Crippen molar-refractivity contribution in [3.63, 3.8) is 0 Å². The van der Waals surface area contributed by atoms with Crippen molar-refractivity contribution in [3.05, 3.63) is 64.2 Å². The molecule has 0 radical (unpaired) electrons. The lowest BCUT2D eigenvalue weighted by molar-refractivity contribution is -0.139. The van der Waals surface area contributed by atoms with Gasteiger partial charge in [-0.2, -0.15) is 0 Å². The Morgan fingerprint density at radius 3 is 2.29 bits per heavy atom. The molecule has 1 atom stereocenters. The Morgan fingerprint density at radius 2 is 1.74 bits per heavy atom. The van der Waals surface area contributed by atoms with Crippen LogP contribution in [0.15, 0.2) is 42.0 Å². The molecule has 2 aromatic carbocycles. The molecule has 0 spiro atoms. The number of aryl methyl sites for hydroxylation is 1. The topological polar surface area (TPSA) is 76.1 Å². The molecule has 1 aliphatic rings. The Kier molecular flexibility index (Phi) is 8.26. The molecule has 1 amide bonds. The summed E-state index contributed by atoms with van der Waals surface area (Å²) < 4.78 is 11.3. The normalized spacial score (nSPS) is 17.5. The molecule has 6 nitrogen and oxygen atoms in total. The molecule has 1 N–H and O–H groups in total. The predicted octanol–water partition coefficient (Wildman–Crippen LogP) is 5.99. The second-order valence-electron chi connectivity index (χ2n) is 9.83. The molecule has 2 aromatic rings. The molecule has 1 fully saturated rings. The minimum atomic E-state index is -0.668. The van der Waals surface area contributed by atoms with Crippen LogP contribution in [0.2, 0.25) is 0 Å². The van der Waals surface area contributed by atoms with Crippen LogP contribution in [0, 0.1) is 12.8 Å². The zero-order valence-electron chi connectivity index (χ0n) is 21.8. The maximum atomic E-state index is 13.2. The Labute approximate surface area is 208 Å². The molecule has 1 aliphatic heterocycles. The molecular formula is C29H37NO5. The van der Waals surface area contributed by atoms with Gasteiger partial charge in [-0.25, -0.2) is 0 Å². The third kappa shape index (κ3) is 5.37. The lowest BCUT2D eigenvalue weighted by atomic mass is 9.91. The van der Waals surface area contributed by atoms with Gasteiger partial charge < -0.3 is 19.5 Å². The summed E-state index contributed by atoms with van der Waals surface area (Å²) in [6.07, 6.45) is 0.693. The zero-order chi connectivity index (χ0) is 25.9. The van der Waals surface area contributed by atoms with Gasteiger partial charge in [0.2, 0.25) is 0 Å². The second-order valence-corrected chi connectivity index (χ2v) is 9.83. The molecule has 0 aliphatic carbocycles. The second kappa shape index (κ2) is 11.0. The van der Waals surface area contributed by atoms with Crippen LogP contribution < -0.4 is 9.47 Å². The molecule has 6 heteroatoms. The summed E-state index contributed by atoms with van der Waals surface area (Å²) in [7, 11) is 1.62. The van der Waals surface area contributed by atoms with Crippen LogP contribution >= 0.6 is 0 Å². The van der Waals surface area contributed by atoms with E-state index in [1.54, 1.807) is 12.0 Å². The van der Waals surface area contributed by atoms with Gasteiger partial charge in [0.25, 0.3) is 11.7 Å². The fourth-order valence-corrected chi connectivity index (χ4v) is 4.43. The molecule has 1 heterocycles. The van der Waals surface area contributed by atoms with Crippen LogP contribution in [0.3, 0.4) is 0 Å². The van der Waals surface area contributed by atoms with E-state index in [1.165, 1.54) is 0 Å². The highest BCUT2D eigenvalue weighted by molar-refractivity contribution is 6.46. The van der Waals surface area contributed by atoms with E-state index in [9.17, 15) is 14.7 Å². The highest BCUT2D eigenvalue weighted by Gasteiger charge is 2.45. The number of hydrogen-bond donors (Lipinski definition) is 1. The molecule has 0 bridgehead atoms. The van der Waals surface area contributed by atoms with E-state index in [-0.39, 0.29) is 17.3 Å². The summed E-state index contributed by atoms with van der Waals surface area (Å²) in [6, 6.07) is 10.5. The van der Waals surface area contributed by atoms with Crippen LogP contribution in [0.1, 0.15) is 75.3 Å². The van der Waals surface area contributed by atoms with Crippen molar-refractivity contribution >= 4 is 17.4 Å². The average Bonchev–Trinajstić information content (AvgIpc) is 3.07. The summed E-state index contributed by atoms with van der Waals surface area (Å²) in [6.45, 7) is 13.1. The number of ether oxygens (including phenoxy) is 2. The van der Waals surface area contributed by atoms with Crippen molar-refractivity contribution in [1.82, 2.24) is 4.90 Å². The van der Waals surface area contributed by atoms with Gasteiger partial charge in [-0.15, -0.1) is 0 Å². The number of hydrogen-bond acceptors (Lipinski definition) is 5. The van der Waals surface area contributed by atoms with E-state index < -0.39 is 17.7 Å². The van der Waals surface area contributed by atoms with Gasteiger partial charge in [0, 0.05) is 12.1 Å². The van der Waals surface area contributed by atoms with E-state index in [2.05, 4.69) is 13.8 Å². The predicted molar refractivity (Wildman–Crippen MR) is 138 cm³/mol. The number of carbonyl (C=O) groups is 2. The third-order valence-corrected chi connectivity index (χ3v) is 6.24. The highest BCUT2D eigenvalue weighted by atomic mass is 16.5. The minimum Gasteiger partial charge on any atom is -0.507 e. The number of benzene rings is 2. The number of carbonyl (C=O) groups excluding carboxylic acids is 2. The number of nitrogens with zero attached hydrogens (tertiary/aromatic N) is 1. The molecule has 0 aromatic heterocycles. The minimum absolute atomic E-state index is 0.113. The van der Waals surface area contributed by atoms with E-state index in [1.807, 2.05) is 64.1 Å². The first kappa shape index (κ1) is 26.3. The summed E-state index contributed by atoms with van der Waals surface area (Å²) in [5.41, 5.74) is 3.09. The number of amides is 1. The van der Waals surface area contributed by atoms with Crippen molar-refractivity contribution in [2.45, 2.75) is 59.9 Å². The van der Waals surface area contributed by atoms with Gasteiger partial charge in [-0.1, -0.05) is 46.8 Å². The molecule has 35 heavy (non-hydrogen) atoms. The van der Waals surface area contributed by atoms with Crippen molar-refractivity contribution in [2.24, 2.45) is 5.92 Å². The van der Waals surface area contributed by atoms with Crippen LogP contribution in [0.25, 0.3) is 5.76 Å². The summed E-state index contributed by atoms with van der Waals surface area (Å²) in [5, 5.41) is 11.5. The largest absolute Gasteiger partial charge is 0.507 e. The number of Topliss-reactive ketones (excluding diaryl/α,β-unsaturated/α-hetero) is 1. The summed E-state index contributed by atoms with van der Waals surface area (Å²) in [5.74, 6) is 0.588. The van der Waals surface area contributed by atoms with Crippen LogP contribution in [-0.4, -0.2) is 42.0 Å². The van der Waals surface area contributed by atoms with Gasteiger partial charge in [0.1, 0.15) is 17.3 Å². The number of methoxy groups -OCH3 is 1. The lowest BCUT2D eigenvalue weighted by Crippen LogP contribution is -2.30. The number of aliphatic hydroxyl groups excluding tert-OH is 1. The Balaban J connectivity index is 2.15. The first-order valence-electron chi connectivity index (χ1n) is 12.3. The Bertz CT molecular complexity index is 1110. The van der Waals surface area contributed by atoms with Crippen molar-refractivity contribution < 1.29 is 24.2 Å². The van der Waals surface area contributed by atoms with Gasteiger partial charge in [-0.05, 0) is 66.1 Å². The monoisotopic (exact) mass is 479 g/mol. The first-order valence-corrected chi connectivity index (χ1v) is 12.3. The maximum absolute atomic E-state index is 13.2. The van der Waals surface area contributed by atoms with Crippen LogP contribution in [0.5, 0.6) is 11.5 Å². The summed E-state index contributed by atoms with van der Waals surface area (Å²) >= 11 is 0. The van der Waals surface area contributed by atoms with Gasteiger partial charge in [-0.3, -0.25) is 9.59 Å². The van der Waals surface area contributed by atoms with Crippen molar-refractivity contribution in [3.8, 4) is 11.5 Å². The maximum Gasteiger partial charge on any atom is 0.295 e. The Morgan fingerprint density at radius 1 is 1.09 bits per heavy atom. The third-order valence-electron chi connectivity index (χ3n) is 6.24.